The van der Waals surface area contributed by atoms with E-state index in [1.807, 2.05) is 50.2 Å². The molecule has 0 aliphatic carbocycles. The SMILES string of the molecule is COC(=O)COc1cc(C)c(C(c2ccc(O)c(C(C)C)c2)c2ccc(OC)cc2OC)c(C)c1. The maximum absolute atomic E-state index is 11.5. The number of esters is 1. The number of carbonyl (C=O) groups is 1. The average Bonchev–Trinajstić information content (AvgIpc) is 2.84. The summed E-state index contributed by atoms with van der Waals surface area (Å²) < 4.78 is 21.6. The number of aromatic hydroxyl groups is 1. The van der Waals surface area contributed by atoms with Crippen LogP contribution in [0.3, 0.4) is 0 Å². The van der Waals surface area contributed by atoms with Crippen molar-refractivity contribution in [2.45, 2.75) is 39.5 Å². The molecule has 3 rings (SSSR count). The molecule has 1 unspecified atom stereocenters. The molecular formula is C29H34O6. The van der Waals surface area contributed by atoms with Crippen LogP contribution >= 0.6 is 0 Å². The van der Waals surface area contributed by atoms with E-state index in [2.05, 4.69) is 24.7 Å². The maximum atomic E-state index is 11.5. The van der Waals surface area contributed by atoms with Crippen molar-refractivity contribution in [3.05, 3.63) is 81.9 Å². The molecule has 0 heterocycles. The summed E-state index contributed by atoms with van der Waals surface area (Å²) in [5.74, 6) is 1.84. The van der Waals surface area contributed by atoms with Crippen molar-refractivity contribution in [2.75, 3.05) is 27.9 Å². The van der Waals surface area contributed by atoms with E-state index < -0.39 is 5.97 Å². The summed E-state index contributed by atoms with van der Waals surface area (Å²) in [5, 5.41) is 10.5. The zero-order valence-electron chi connectivity index (χ0n) is 21.5. The number of aryl methyl sites for hydroxylation is 2. The van der Waals surface area contributed by atoms with Crippen molar-refractivity contribution >= 4 is 5.97 Å². The van der Waals surface area contributed by atoms with Crippen molar-refractivity contribution in [1.29, 1.82) is 0 Å². The van der Waals surface area contributed by atoms with Gasteiger partial charge in [0.15, 0.2) is 6.61 Å². The molecule has 0 amide bonds. The van der Waals surface area contributed by atoms with Gasteiger partial charge in [-0.3, -0.25) is 0 Å². The summed E-state index contributed by atoms with van der Waals surface area (Å²) in [6, 6.07) is 15.5. The van der Waals surface area contributed by atoms with Gasteiger partial charge in [-0.1, -0.05) is 32.0 Å². The minimum Gasteiger partial charge on any atom is -0.508 e. The molecule has 0 aliphatic rings. The number of phenolic OH excluding ortho intramolecular Hbond substituents is 1. The number of rotatable bonds is 9. The quantitative estimate of drug-likeness (QED) is 0.306. The van der Waals surface area contributed by atoms with Gasteiger partial charge in [-0.2, -0.15) is 0 Å². The molecule has 0 spiro atoms. The first kappa shape index (κ1) is 25.9. The molecule has 3 aromatic rings. The number of ether oxygens (including phenoxy) is 4. The topological polar surface area (TPSA) is 74.2 Å². The average molecular weight is 479 g/mol. The Morgan fingerprint density at radius 1 is 0.857 bits per heavy atom. The molecule has 0 fully saturated rings. The third kappa shape index (κ3) is 5.70. The number of carbonyl (C=O) groups excluding carboxylic acids is 1. The van der Waals surface area contributed by atoms with Gasteiger partial charge in [0.05, 0.1) is 21.3 Å². The van der Waals surface area contributed by atoms with Crippen LogP contribution in [-0.2, 0) is 9.53 Å². The van der Waals surface area contributed by atoms with Crippen molar-refractivity contribution in [2.24, 2.45) is 0 Å². The molecule has 0 saturated heterocycles. The molecule has 0 radical (unpaired) electrons. The second-order valence-corrected chi connectivity index (χ2v) is 8.85. The van der Waals surface area contributed by atoms with Crippen LogP contribution < -0.4 is 14.2 Å². The lowest BCUT2D eigenvalue weighted by Crippen LogP contribution is -2.14. The Labute approximate surface area is 207 Å². The third-order valence-electron chi connectivity index (χ3n) is 6.20. The normalized spacial score (nSPS) is 11.8. The second kappa shape index (κ2) is 11.2. The molecular weight excluding hydrogens is 444 g/mol. The van der Waals surface area contributed by atoms with Crippen molar-refractivity contribution in [3.8, 4) is 23.0 Å². The molecule has 0 bridgehead atoms. The predicted molar refractivity (Wildman–Crippen MR) is 136 cm³/mol. The monoisotopic (exact) mass is 478 g/mol. The molecule has 35 heavy (non-hydrogen) atoms. The summed E-state index contributed by atoms with van der Waals surface area (Å²) in [6.07, 6.45) is 0. The summed E-state index contributed by atoms with van der Waals surface area (Å²) in [6.45, 7) is 8.03. The minimum absolute atomic E-state index is 0.153. The summed E-state index contributed by atoms with van der Waals surface area (Å²) in [4.78, 5) is 11.5. The molecule has 186 valence electrons. The summed E-state index contributed by atoms with van der Waals surface area (Å²) >= 11 is 0. The number of methoxy groups -OCH3 is 3. The van der Waals surface area contributed by atoms with Crippen LogP contribution in [0, 0.1) is 13.8 Å². The summed E-state index contributed by atoms with van der Waals surface area (Å²) in [7, 11) is 4.61. The Hall–Kier alpha value is -3.67. The van der Waals surface area contributed by atoms with Gasteiger partial charge in [0, 0.05) is 17.5 Å². The Kier molecular flexibility index (Phi) is 8.28. The molecule has 0 aromatic heterocycles. The number of phenols is 1. The van der Waals surface area contributed by atoms with Crippen LogP contribution in [0.5, 0.6) is 23.0 Å². The first-order valence-corrected chi connectivity index (χ1v) is 11.6. The fourth-order valence-corrected chi connectivity index (χ4v) is 4.45. The highest BCUT2D eigenvalue weighted by Gasteiger charge is 2.26. The number of hydrogen-bond donors (Lipinski definition) is 1. The predicted octanol–water partition coefficient (Wildman–Crippen LogP) is 5.88. The highest BCUT2D eigenvalue weighted by atomic mass is 16.6. The van der Waals surface area contributed by atoms with Gasteiger partial charge in [-0.05, 0) is 71.8 Å². The molecule has 3 aromatic carbocycles. The lowest BCUT2D eigenvalue weighted by molar-refractivity contribution is -0.142. The van der Waals surface area contributed by atoms with Crippen molar-refractivity contribution in [1.82, 2.24) is 0 Å². The van der Waals surface area contributed by atoms with Crippen LogP contribution in [0.4, 0.5) is 0 Å². The van der Waals surface area contributed by atoms with Crippen LogP contribution in [0.25, 0.3) is 0 Å². The van der Waals surface area contributed by atoms with Crippen molar-refractivity contribution in [3.63, 3.8) is 0 Å². The molecule has 0 saturated carbocycles. The zero-order valence-corrected chi connectivity index (χ0v) is 21.5. The lowest BCUT2D eigenvalue weighted by atomic mass is 9.79. The highest BCUT2D eigenvalue weighted by molar-refractivity contribution is 5.71. The largest absolute Gasteiger partial charge is 0.508 e. The fourth-order valence-electron chi connectivity index (χ4n) is 4.45. The number of benzene rings is 3. The van der Waals surface area contributed by atoms with E-state index in [9.17, 15) is 9.90 Å². The Bertz CT molecular complexity index is 1170. The maximum Gasteiger partial charge on any atom is 0.343 e. The van der Waals surface area contributed by atoms with Gasteiger partial charge in [-0.15, -0.1) is 0 Å². The van der Waals surface area contributed by atoms with Gasteiger partial charge >= 0.3 is 5.97 Å². The van der Waals surface area contributed by atoms with Gasteiger partial charge in [0.1, 0.15) is 23.0 Å². The van der Waals surface area contributed by atoms with E-state index in [4.69, 9.17) is 14.2 Å². The van der Waals surface area contributed by atoms with Gasteiger partial charge < -0.3 is 24.1 Å². The van der Waals surface area contributed by atoms with E-state index in [1.54, 1.807) is 20.3 Å². The van der Waals surface area contributed by atoms with Crippen LogP contribution in [-0.4, -0.2) is 39.0 Å². The zero-order chi connectivity index (χ0) is 25.7. The fraction of sp³-hybridized carbons (Fsp3) is 0.345. The minimum atomic E-state index is -0.435. The van der Waals surface area contributed by atoms with Crippen LogP contribution in [0.2, 0.25) is 0 Å². The Balaban J connectivity index is 2.22. The molecule has 6 nitrogen and oxygen atoms in total. The smallest absolute Gasteiger partial charge is 0.343 e. The summed E-state index contributed by atoms with van der Waals surface area (Å²) in [5.41, 5.74) is 6.00. The van der Waals surface area contributed by atoms with E-state index >= 15 is 0 Å². The van der Waals surface area contributed by atoms with Crippen LogP contribution in [0.15, 0.2) is 48.5 Å². The second-order valence-electron chi connectivity index (χ2n) is 8.85. The highest BCUT2D eigenvalue weighted by Crippen LogP contribution is 2.43. The first-order chi connectivity index (χ1) is 16.7. The Morgan fingerprint density at radius 3 is 2.11 bits per heavy atom. The van der Waals surface area contributed by atoms with E-state index in [0.717, 1.165) is 33.4 Å². The van der Waals surface area contributed by atoms with Crippen molar-refractivity contribution < 1.29 is 28.8 Å². The first-order valence-electron chi connectivity index (χ1n) is 11.6. The number of hydrogen-bond acceptors (Lipinski definition) is 6. The third-order valence-corrected chi connectivity index (χ3v) is 6.20. The van der Waals surface area contributed by atoms with Gasteiger partial charge in [0.2, 0.25) is 0 Å². The van der Waals surface area contributed by atoms with Gasteiger partial charge in [0.25, 0.3) is 0 Å². The van der Waals surface area contributed by atoms with E-state index in [0.29, 0.717) is 17.2 Å². The van der Waals surface area contributed by atoms with E-state index in [-0.39, 0.29) is 24.2 Å². The molecule has 1 atom stereocenters. The molecule has 6 heteroatoms. The van der Waals surface area contributed by atoms with Gasteiger partial charge in [-0.25, -0.2) is 4.79 Å². The van der Waals surface area contributed by atoms with E-state index in [1.165, 1.54) is 7.11 Å². The molecule has 0 aliphatic heterocycles. The van der Waals surface area contributed by atoms with Crippen LogP contribution in [0.1, 0.15) is 59.1 Å². The Morgan fingerprint density at radius 2 is 1.54 bits per heavy atom. The standard InChI is InChI=1S/C29H34O6/c1-17(2)24-14-20(8-11-25(24)30)29(23-10-9-21(32-5)15-26(23)33-6)28-18(3)12-22(13-19(28)4)35-16-27(31)34-7/h8-15,17,29-30H,16H2,1-7H3. The molecule has 1 N–H and O–H groups in total. The lowest BCUT2D eigenvalue weighted by Gasteiger charge is -2.26.